The molecule has 1 aromatic heterocycles. The van der Waals surface area contributed by atoms with Crippen molar-refractivity contribution < 1.29 is 9.53 Å². The molecule has 3 fully saturated rings. The van der Waals surface area contributed by atoms with Crippen LogP contribution in [0.15, 0.2) is 24.5 Å². The zero-order chi connectivity index (χ0) is 21.0. The molecule has 1 atom stereocenters. The van der Waals surface area contributed by atoms with Gasteiger partial charge in [-0.2, -0.15) is 0 Å². The van der Waals surface area contributed by atoms with Crippen molar-refractivity contribution in [3.63, 3.8) is 0 Å². The predicted octanol–water partition coefficient (Wildman–Crippen LogP) is 2.44. The van der Waals surface area contributed by atoms with Crippen LogP contribution >= 0.6 is 0 Å². The highest BCUT2D eigenvalue weighted by molar-refractivity contribution is 5.78. The summed E-state index contributed by atoms with van der Waals surface area (Å²) in [6.07, 6.45) is 8.20. The molecular formula is C24H38N4O2. The Morgan fingerprint density at radius 3 is 2.63 bits per heavy atom. The highest BCUT2D eigenvalue weighted by atomic mass is 16.5. The largest absolute Gasteiger partial charge is 0.375 e. The maximum absolute atomic E-state index is 12.7. The van der Waals surface area contributed by atoms with Crippen LogP contribution in [0.3, 0.4) is 0 Å². The molecule has 3 aliphatic rings. The Hall–Kier alpha value is -1.50. The lowest BCUT2D eigenvalue weighted by Crippen LogP contribution is -2.57. The molecule has 0 radical (unpaired) electrons. The van der Waals surface area contributed by atoms with Crippen molar-refractivity contribution in [3.05, 3.63) is 30.1 Å². The minimum Gasteiger partial charge on any atom is -0.375 e. The number of amides is 1. The molecule has 30 heavy (non-hydrogen) atoms. The van der Waals surface area contributed by atoms with Gasteiger partial charge in [-0.1, -0.05) is 19.9 Å². The Morgan fingerprint density at radius 1 is 1.20 bits per heavy atom. The Bertz CT molecular complexity index is 680. The number of rotatable bonds is 5. The fourth-order valence-corrected chi connectivity index (χ4v) is 5.44. The molecule has 1 amide bonds. The molecule has 1 aromatic rings. The molecule has 1 spiro atoms. The van der Waals surface area contributed by atoms with Gasteiger partial charge in [0, 0.05) is 70.9 Å². The van der Waals surface area contributed by atoms with Gasteiger partial charge >= 0.3 is 0 Å². The second kappa shape index (κ2) is 9.75. The molecule has 0 aromatic carbocycles. The summed E-state index contributed by atoms with van der Waals surface area (Å²) in [5.41, 5.74) is 0.969. The number of likely N-dealkylation sites (tertiary alicyclic amines) is 1. The summed E-state index contributed by atoms with van der Waals surface area (Å²) in [7, 11) is 0. The Kier molecular flexibility index (Phi) is 7.06. The van der Waals surface area contributed by atoms with Gasteiger partial charge < -0.3 is 14.5 Å². The van der Waals surface area contributed by atoms with Crippen molar-refractivity contribution in [3.8, 4) is 0 Å². The number of nitrogens with zero attached hydrogens (tertiary/aromatic N) is 4. The second-order valence-corrected chi connectivity index (χ2v) is 9.83. The number of aromatic nitrogens is 1. The minimum atomic E-state index is -0.0247. The summed E-state index contributed by atoms with van der Waals surface area (Å²) < 4.78 is 6.36. The first-order valence-electron chi connectivity index (χ1n) is 11.8. The summed E-state index contributed by atoms with van der Waals surface area (Å²) in [6, 6.07) is 4.51. The zero-order valence-electron chi connectivity index (χ0n) is 18.8. The van der Waals surface area contributed by atoms with Crippen molar-refractivity contribution in [2.24, 2.45) is 5.92 Å². The van der Waals surface area contributed by atoms with E-state index in [-0.39, 0.29) is 11.5 Å². The third kappa shape index (κ3) is 5.40. The summed E-state index contributed by atoms with van der Waals surface area (Å²) in [5, 5.41) is 0. The van der Waals surface area contributed by atoms with Gasteiger partial charge in [0.25, 0.3) is 0 Å². The molecule has 4 heterocycles. The van der Waals surface area contributed by atoms with E-state index in [1.54, 1.807) is 12.4 Å². The highest BCUT2D eigenvalue weighted by Crippen LogP contribution is 2.37. The van der Waals surface area contributed by atoms with Gasteiger partial charge in [0.2, 0.25) is 5.91 Å². The molecule has 6 nitrogen and oxygen atoms in total. The molecule has 166 valence electrons. The van der Waals surface area contributed by atoms with Gasteiger partial charge in [-0.05, 0) is 43.2 Å². The van der Waals surface area contributed by atoms with Gasteiger partial charge in [-0.25, -0.2) is 0 Å². The van der Waals surface area contributed by atoms with Crippen LogP contribution in [0.2, 0.25) is 0 Å². The smallest absolute Gasteiger partial charge is 0.227 e. The molecule has 3 saturated heterocycles. The van der Waals surface area contributed by atoms with Crippen molar-refractivity contribution in [1.29, 1.82) is 0 Å². The van der Waals surface area contributed by atoms with E-state index in [0.717, 1.165) is 56.9 Å². The van der Waals surface area contributed by atoms with Crippen LogP contribution in [0.5, 0.6) is 0 Å². The van der Waals surface area contributed by atoms with Crippen LogP contribution in [-0.4, -0.2) is 89.7 Å². The average molecular weight is 415 g/mol. The van der Waals surface area contributed by atoms with Crippen LogP contribution in [0.1, 0.15) is 45.1 Å². The van der Waals surface area contributed by atoms with Crippen LogP contribution < -0.4 is 0 Å². The van der Waals surface area contributed by atoms with E-state index in [1.165, 1.54) is 32.7 Å². The zero-order valence-corrected chi connectivity index (χ0v) is 18.8. The molecule has 1 unspecified atom stereocenters. The molecule has 4 rings (SSSR count). The van der Waals surface area contributed by atoms with Crippen molar-refractivity contribution in [2.45, 2.75) is 57.6 Å². The Balaban J connectivity index is 1.26. The molecular weight excluding hydrogens is 376 g/mol. The number of carbonyl (C=O) groups is 1. The van der Waals surface area contributed by atoms with E-state index in [0.29, 0.717) is 12.5 Å². The van der Waals surface area contributed by atoms with E-state index in [9.17, 15) is 4.79 Å². The topological polar surface area (TPSA) is 48.9 Å². The third-order valence-electron chi connectivity index (χ3n) is 7.12. The lowest BCUT2D eigenvalue weighted by molar-refractivity contribution is -0.149. The molecule has 0 aliphatic carbocycles. The van der Waals surface area contributed by atoms with Crippen LogP contribution in [-0.2, 0) is 16.0 Å². The van der Waals surface area contributed by atoms with E-state index in [1.807, 2.05) is 17.0 Å². The summed E-state index contributed by atoms with van der Waals surface area (Å²) in [6.45, 7) is 13.1. The van der Waals surface area contributed by atoms with Gasteiger partial charge in [-0.3, -0.25) is 14.7 Å². The van der Waals surface area contributed by atoms with E-state index < -0.39 is 0 Å². The molecule has 6 heteroatoms. The first-order chi connectivity index (χ1) is 14.5. The fourth-order valence-electron chi connectivity index (χ4n) is 5.44. The number of piperazine rings is 1. The predicted molar refractivity (Wildman–Crippen MR) is 118 cm³/mol. The minimum absolute atomic E-state index is 0.0247. The first kappa shape index (κ1) is 21.7. The van der Waals surface area contributed by atoms with Crippen LogP contribution in [0, 0.1) is 5.92 Å². The SMILES string of the molecule is CC(C)CN1CCN(C2CCOC3(CCN(C(=O)Cc4cccnc4)CC3)C2)CC1. The van der Waals surface area contributed by atoms with Gasteiger partial charge in [0.1, 0.15) is 0 Å². The lowest BCUT2D eigenvalue weighted by Gasteiger charge is -2.49. The van der Waals surface area contributed by atoms with E-state index >= 15 is 0 Å². The number of pyridine rings is 1. The summed E-state index contributed by atoms with van der Waals surface area (Å²) in [4.78, 5) is 24.2. The van der Waals surface area contributed by atoms with Gasteiger partial charge in [-0.15, -0.1) is 0 Å². The van der Waals surface area contributed by atoms with Crippen molar-refractivity contribution in [1.82, 2.24) is 19.7 Å². The summed E-state index contributed by atoms with van der Waals surface area (Å²) >= 11 is 0. The molecule has 0 N–H and O–H groups in total. The fraction of sp³-hybridized carbons (Fsp3) is 0.750. The first-order valence-corrected chi connectivity index (χ1v) is 11.8. The molecule has 0 bridgehead atoms. The third-order valence-corrected chi connectivity index (χ3v) is 7.12. The summed E-state index contributed by atoms with van der Waals surface area (Å²) in [5.74, 6) is 0.959. The van der Waals surface area contributed by atoms with Crippen molar-refractivity contribution >= 4 is 5.91 Å². The maximum atomic E-state index is 12.7. The quantitative estimate of drug-likeness (QED) is 0.741. The molecule has 3 aliphatic heterocycles. The van der Waals surface area contributed by atoms with E-state index in [2.05, 4.69) is 28.6 Å². The normalized spacial score (nSPS) is 25.7. The molecule has 0 saturated carbocycles. The Morgan fingerprint density at radius 2 is 1.97 bits per heavy atom. The monoisotopic (exact) mass is 414 g/mol. The highest BCUT2D eigenvalue weighted by Gasteiger charge is 2.42. The Labute approximate surface area is 181 Å². The van der Waals surface area contributed by atoms with Crippen molar-refractivity contribution in [2.75, 3.05) is 52.4 Å². The number of ether oxygens (including phenoxy) is 1. The number of hydrogen-bond donors (Lipinski definition) is 0. The van der Waals surface area contributed by atoms with Gasteiger partial charge in [0.05, 0.1) is 12.0 Å². The average Bonchev–Trinajstić information content (AvgIpc) is 2.75. The maximum Gasteiger partial charge on any atom is 0.227 e. The number of carbonyl (C=O) groups excluding carboxylic acids is 1. The second-order valence-electron chi connectivity index (χ2n) is 9.83. The number of piperidine rings is 1. The number of hydrogen-bond acceptors (Lipinski definition) is 5. The van der Waals surface area contributed by atoms with Gasteiger partial charge in [0.15, 0.2) is 0 Å². The van der Waals surface area contributed by atoms with Crippen LogP contribution in [0.4, 0.5) is 0 Å². The van der Waals surface area contributed by atoms with Crippen LogP contribution in [0.25, 0.3) is 0 Å². The van der Waals surface area contributed by atoms with E-state index in [4.69, 9.17) is 4.74 Å². The lowest BCUT2D eigenvalue weighted by atomic mass is 9.81. The standard InChI is InChI=1S/C24H38N4O2/c1-20(2)19-26-11-13-27(14-12-26)22-5-15-30-24(17-22)6-9-28(10-7-24)23(29)16-21-4-3-8-25-18-21/h3-4,8,18,20,22H,5-7,9-17,19H2,1-2H3.